The largest absolute Gasteiger partial charge is 0.316 e. The van der Waals surface area contributed by atoms with Gasteiger partial charge in [-0.15, -0.1) is 0 Å². The summed E-state index contributed by atoms with van der Waals surface area (Å²) in [5.41, 5.74) is 3.42. The Labute approximate surface area is 90.2 Å². The molecule has 0 spiro atoms. The normalized spacial score (nSPS) is 15.8. The van der Waals surface area contributed by atoms with E-state index >= 15 is 0 Å². The molecule has 2 nitrogen and oxygen atoms in total. The van der Waals surface area contributed by atoms with Crippen LogP contribution in [-0.4, -0.2) is 13.1 Å². The van der Waals surface area contributed by atoms with Crippen LogP contribution >= 0.6 is 0 Å². The average molecular weight is 198 g/mol. The minimum atomic E-state index is 0.725. The molecule has 0 aliphatic carbocycles. The SMILES string of the molecule is N#Cc1ccc(C=C2CCNCC2)cc1. The van der Waals surface area contributed by atoms with Crippen LogP contribution in [0.5, 0.6) is 0 Å². The lowest BCUT2D eigenvalue weighted by molar-refractivity contribution is 0.613. The minimum absolute atomic E-state index is 0.725. The molecule has 1 aliphatic rings. The summed E-state index contributed by atoms with van der Waals surface area (Å²) in [6, 6.07) is 9.88. The molecule has 1 N–H and O–H groups in total. The first-order valence-electron chi connectivity index (χ1n) is 5.29. The van der Waals surface area contributed by atoms with E-state index in [1.54, 1.807) is 0 Å². The fourth-order valence-electron chi connectivity index (χ4n) is 1.78. The zero-order valence-electron chi connectivity index (χ0n) is 8.66. The number of piperidine rings is 1. The number of nitrogens with one attached hydrogen (secondary N) is 1. The molecular weight excluding hydrogens is 184 g/mol. The van der Waals surface area contributed by atoms with Crippen LogP contribution in [0.4, 0.5) is 0 Å². The first kappa shape index (κ1) is 9.95. The van der Waals surface area contributed by atoms with E-state index in [2.05, 4.69) is 17.5 Å². The van der Waals surface area contributed by atoms with Gasteiger partial charge in [0, 0.05) is 0 Å². The molecule has 0 saturated carbocycles. The fourth-order valence-corrected chi connectivity index (χ4v) is 1.78. The molecule has 1 saturated heterocycles. The van der Waals surface area contributed by atoms with Gasteiger partial charge in [-0.25, -0.2) is 0 Å². The van der Waals surface area contributed by atoms with Gasteiger partial charge in [-0.05, 0) is 43.6 Å². The molecule has 15 heavy (non-hydrogen) atoms. The van der Waals surface area contributed by atoms with Crippen molar-refractivity contribution >= 4 is 6.08 Å². The Kier molecular flexibility index (Phi) is 3.16. The molecule has 0 unspecified atom stereocenters. The van der Waals surface area contributed by atoms with Crippen LogP contribution in [0.3, 0.4) is 0 Å². The van der Waals surface area contributed by atoms with E-state index in [4.69, 9.17) is 5.26 Å². The molecular formula is C13H14N2. The predicted octanol–water partition coefficient (Wildman–Crippen LogP) is 2.33. The topological polar surface area (TPSA) is 35.8 Å². The van der Waals surface area contributed by atoms with E-state index in [0.29, 0.717) is 0 Å². The number of benzene rings is 1. The van der Waals surface area contributed by atoms with Crippen molar-refractivity contribution in [2.75, 3.05) is 13.1 Å². The summed E-state index contributed by atoms with van der Waals surface area (Å²) in [4.78, 5) is 0. The Morgan fingerprint density at radius 1 is 1.13 bits per heavy atom. The van der Waals surface area contributed by atoms with Crippen molar-refractivity contribution in [3.05, 3.63) is 41.0 Å². The summed E-state index contributed by atoms with van der Waals surface area (Å²) in [5.74, 6) is 0. The summed E-state index contributed by atoms with van der Waals surface area (Å²) in [6.07, 6.45) is 4.52. The molecule has 1 fully saturated rings. The summed E-state index contributed by atoms with van der Waals surface area (Å²) in [5, 5.41) is 12.0. The Morgan fingerprint density at radius 3 is 2.40 bits per heavy atom. The highest BCUT2D eigenvalue weighted by Gasteiger charge is 2.03. The monoisotopic (exact) mass is 198 g/mol. The second kappa shape index (κ2) is 4.77. The first-order chi connectivity index (χ1) is 7.38. The standard InChI is InChI=1S/C13H14N2/c14-10-13-3-1-11(2-4-13)9-12-5-7-15-8-6-12/h1-4,9,15H,5-8H2. The van der Waals surface area contributed by atoms with E-state index in [1.807, 2.05) is 24.3 Å². The van der Waals surface area contributed by atoms with Crippen molar-refractivity contribution in [3.8, 4) is 6.07 Å². The lowest BCUT2D eigenvalue weighted by Crippen LogP contribution is -2.22. The molecule has 0 atom stereocenters. The van der Waals surface area contributed by atoms with Crippen molar-refractivity contribution in [1.82, 2.24) is 5.32 Å². The molecule has 0 bridgehead atoms. The highest BCUT2D eigenvalue weighted by molar-refractivity contribution is 5.54. The summed E-state index contributed by atoms with van der Waals surface area (Å²) in [7, 11) is 0. The van der Waals surface area contributed by atoms with Crippen molar-refractivity contribution in [1.29, 1.82) is 5.26 Å². The number of nitrogens with zero attached hydrogens (tertiary/aromatic N) is 1. The summed E-state index contributed by atoms with van der Waals surface area (Å²) < 4.78 is 0. The average Bonchev–Trinajstić information content (AvgIpc) is 2.31. The number of hydrogen-bond donors (Lipinski definition) is 1. The number of nitriles is 1. The van der Waals surface area contributed by atoms with Gasteiger partial charge in [-0.1, -0.05) is 23.8 Å². The molecule has 1 aliphatic heterocycles. The Morgan fingerprint density at radius 2 is 1.80 bits per heavy atom. The van der Waals surface area contributed by atoms with Crippen molar-refractivity contribution in [2.45, 2.75) is 12.8 Å². The van der Waals surface area contributed by atoms with Crippen LogP contribution in [0.25, 0.3) is 6.08 Å². The smallest absolute Gasteiger partial charge is 0.0991 e. The lowest BCUT2D eigenvalue weighted by Gasteiger charge is -2.15. The molecule has 0 amide bonds. The van der Waals surface area contributed by atoms with Gasteiger partial charge in [-0.2, -0.15) is 5.26 Å². The maximum atomic E-state index is 8.68. The van der Waals surface area contributed by atoms with Crippen LogP contribution in [0.2, 0.25) is 0 Å². The third kappa shape index (κ3) is 2.68. The van der Waals surface area contributed by atoms with E-state index in [-0.39, 0.29) is 0 Å². The molecule has 1 aromatic carbocycles. The van der Waals surface area contributed by atoms with Gasteiger partial charge in [0.25, 0.3) is 0 Å². The quantitative estimate of drug-likeness (QED) is 0.751. The molecule has 76 valence electrons. The third-order valence-electron chi connectivity index (χ3n) is 2.66. The second-order valence-electron chi connectivity index (χ2n) is 3.79. The maximum Gasteiger partial charge on any atom is 0.0991 e. The van der Waals surface area contributed by atoms with Crippen molar-refractivity contribution in [3.63, 3.8) is 0 Å². The predicted molar refractivity (Wildman–Crippen MR) is 61.2 cm³/mol. The molecule has 1 heterocycles. The second-order valence-corrected chi connectivity index (χ2v) is 3.79. The molecule has 2 rings (SSSR count). The Hall–Kier alpha value is -1.59. The van der Waals surface area contributed by atoms with Crippen LogP contribution in [0.1, 0.15) is 24.0 Å². The number of hydrogen-bond acceptors (Lipinski definition) is 2. The molecule has 0 aromatic heterocycles. The Balaban J connectivity index is 2.12. The maximum absolute atomic E-state index is 8.68. The van der Waals surface area contributed by atoms with E-state index in [0.717, 1.165) is 31.5 Å². The van der Waals surface area contributed by atoms with Crippen LogP contribution in [-0.2, 0) is 0 Å². The van der Waals surface area contributed by atoms with Crippen LogP contribution < -0.4 is 5.32 Å². The minimum Gasteiger partial charge on any atom is -0.316 e. The van der Waals surface area contributed by atoms with Gasteiger partial charge in [0.2, 0.25) is 0 Å². The third-order valence-corrected chi connectivity index (χ3v) is 2.66. The van der Waals surface area contributed by atoms with E-state index < -0.39 is 0 Å². The van der Waals surface area contributed by atoms with Crippen molar-refractivity contribution < 1.29 is 0 Å². The van der Waals surface area contributed by atoms with Gasteiger partial charge >= 0.3 is 0 Å². The summed E-state index contributed by atoms with van der Waals surface area (Å²) >= 11 is 0. The number of rotatable bonds is 1. The highest BCUT2D eigenvalue weighted by Crippen LogP contribution is 2.15. The van der Waals surface area contributed by atoms with Gasteiger partial charge in [-0.3, -0.25) is 0 Å². The molecule has 0 radical (unpaired) electrons. The Bertz CT molecular complexity index is 388. The van der Waals surface area contributed by atoms with E-state index in [9.17, 15) is 0 Å². The fraction of sp³-hybridized carbons (Fsp3) is 0.308. The van der Waals surface area contributed by atoms with Crippen molar-refractivity contribution in [2.24, 2.45) is 0 Å². The van der Waals surface area contributed by atoms with Gasteiger partial charge in [0.1, 0.15) is 0 Å². The van der Waals surface area contributed by atoms with Crippen LogP contribution in [0, 0.1) is 11.3 Å². The zero-order valence-corrected chi connectivity index (χ0v) is 8.66. The van der Waals surface area contributed by atoms with Crippen LogP contribution in [0.15, 0.2) is 29.8 Å². The highest BCUT2D eigenvalue weighted by atomic mass is 14.9. The zero-order chi connectivity index (χ0) is 10.5. The molecule has 1 aromatic rings. The van der Waals surface area contributed by atoms with Gasteiger partial charge < -0.3 is 5.32 Å². The lowest BCUT2D eigenvalue weighted by atomic mass is 10.0. The van der Waals surface area contributed by atoms with E-state index in [1.165, 1.54) is 11.1 Å². The summed E-state index contributed by atoms with van der Waals surface area (Å²) in [6.45, 7) is 2.17. The first-order valence-corrected chi connectivity index (χ1v) is 5.29. The van der Waals surface area contributed by atoms with Gasteiger partial charge in [0.15, 0.2) is 0 Å². The molecule has 2 heteroatoms. The van der Waals surface area contributed by atoms with Gasteiger partial charge in [0.05, 0.1) is 11.6 Å².